The molecule has 0 aliphatic heterocycles. The summed E-state index contributed by atoms with van der Waals surface area (Å²) in [7, 11) is 1.63. The summed E-state index contributed by atoms with van der Waals surface area (Å²) in [6, 6.07) is 13.5. The molecule has 2 N–H and O–H groups in total. The second-order valence-electron chi connectivity index (χ2n) is 5.06. The number of hydrogen-bond donors (Lipinski definition) is 2. The van der Waals surface area contributed by atoms with Crippen LogP contribution in [-0.2, 0) is 6.61 Å². The Morgan fingerprint density at radius 2 is 2.05 bits per heavy atom. The second kappa shape index (κ2) is 5.99. The molecule has 0 aliphatic rings. The van der Waals surface area contributed by atoms with Gasteiger partial charge in [0, 0.05) is 11.1 Å². The molecule has 22 heavy (non-hydrogen) atoms. The van der Waals surface area contributed by atoms with Gasteiger partial charge in [0.05, 0.1) is 13.7 Å². The van der Waals surface area contributed by atoms with Gasteiger partial charge in [-0.2, -0.15) is 5.10 Å². The molecule has 1 heterocycles. The van der Waals surface area contributed by atoms with Crippen molar-refractivity contribution < 1.29 is 9.84 Å². The van der Waals surface area contributed by atoms with Crippen LogP contribution in [0.5, 0.6) is 5.75 Å². The maximum Gasteiger partial charge on any atom is 0.181 e. The van der Waals surface area contributed by atoms with E-state index in [9.17, 15) is 5.11 Å². The fourth-order valence-electron chi connectivity index (χ4n) is 2.36. The predicted molar refractivity (Wildman–Crippen MR) is 84.5 cm³/mol. The number of benzene rings is 2. The van der Waals surface area contributed by atoms with E-state index in [0.717, 1.165) is 28.0 Å². The van der Waals surface area contributed by atoms with Gasteiger partial charge in [-0.25, -0.2) is 4.98 Å². The van der Waals surface area contributed by atoms with Gasteiger partial charge in [-0.05, 0) is 24.6 Å². The highest BCUT2D eigenvalue weighted by Crippen LogP contribution is 2.25. The SMILES string of the molecule is COc1cccc(-c2n[nH]c(-c3ccc(C)cc3CO)n2)c1. The van der Waals surface area contributed by atoms with Crippen molar-refractivity contribution in [3.63, 3.8) is 0 Å². The molecule has 0 amide bonds. The number of aryl methyl sites for hydroxylation is 1. The van der Waals surface area contributed by atoms with E-state index in [1.54, 1.807) is 7.11 Å². The summed E-state index contributed by atoms with van der Waals surface area (Å²) in [6.45, 7) is 1.96. The van der Waals surface area contributed by atoms with Crippen LogP contribution in [0.1, 0.15) is 11.1 Å². The van der Waals surface area contributed by atoms with Gasteiger partial charge in [-0.15, -0.1) is 0 Å². The van der Waals surface area contributed by atoms with E-state index in [-0.39, 0.29) is 6.61 Å². The van der Waals surface area contributed by atoms with E-state index in [1.165, 1.54) is 0 Å². The first-order chi connectivity index (χ1) is 10.7. The lowest BCUT2D eigenvalue weighted by molar-refractivity contribution is 0.282. The normalized spacial score (nSPS) is 10.7. The smallest absolute Gasteiger partial charge is 0.181 e. The van der Waals surface area contributed by atoms with Crippen LogP contribution in [-0.4, -0.2) is 27.4 Å². The average molecular weight is 295 g/mol. The molecule has 112 valence electrons. The lowest BCUT2D eigenvalue weighted by Gasteiger charge is -2.05. The third-order valence-corrected chi connectivity index (χ3v) is 3.50. The monoisotopic (exact) mass is 295 g/mol. The average Bonchev–Trinajstić information content (AvgIpc) is 3.04. The van der Waals surface area contributed by atoms with E-state index >= 15 is 0 Å². The molecule has 0 fully saturated rings. The topological polar surface area (TPSA) is 71.0 Å². The van der Waals surface area contributed by atoms with E-state index < -0.39 is 0 Å². The lowest BCUT2D eigenvalue weighted by Crippen LogP contribution is -1.92. The second-order valence-corrected chi connectivity index (χ2v) is 5.06. The molecule has 0 bridgehead atoms. The molecule has 0 atom stereocenters. The first kappa shape index (κ1) is 14.3. The number of nitrogens with one attached hydrogen (secondary N) is 1. The molecule has 0 aliphatic carbocycles. The molecule has 0 spiro atoms. The summed E-state index contributed by atoms with van der Waals surface area (Å²) in [5.74, 6) is 2.00. The van der Waals surface area contributed by atoms with Crippen LogP contribution in [0, 0.1) is 6.92 Å². The zero-order valence-corrected chi connectivity index (χ0v) is 12.5. The van der Waals surface area contributed by atoms with Crippen LogP contribution < -0.4 is 4.74 Å². The van der Waals surface area contributed by atoms with E-state index in [1.807, 2.05) is 49.4 Å². The minimum atomic E-state index is -0.0355. The number of hydrogen-bond acceptors (Lipinski definition) is 4. The van der Waals surface area contributed by atoms with Crippen molar-refractivity contribution in [3.05, 3.63) is 53.6 Å². The fourth-order valence-corrected chi connectivity index (χ4v) is 2.36. The number of H-pyrrole nitrogens is 1. The number of methoxy groups -OCH3 is 1. The van der Waals surface area contributed by atoms with Gasteiger partial charge in [0.2, 0.25) is 0 Å². The largest absolute Gasteiger partial charge is 0.497 e. The van der Waals surface area contributed by atoms with Crippen LogP contribution in [0.3, 0.4) is 0 Å². The zero-order chi connectivity index (χ0) is 15.5. The standard InChI is InChI=1S/C17H17N3O2/c1-11-6-7-15(13(8-11)10-21)17-18-16(19-20-17)12-4-3-5-14(9-12)22-2/h3-9,21H,10H2,1-2H3,(H,18,19,20). The summed E-state index contributed by atoms with van der Waals surface area (Å²) in [4.78, 5) is 4.53. The van der Waals surface area contributed by atoms with Gasteiger partial charge in [0.25, 0.3) is 0 Å². The number of aliphatic hydroxyl groups is 1. The molecular formula is C17H17N3O2. The van der Waals surface area contributed by atoms with Crippen molar-refractivity contribution in [2.24, 2.45) is 0 Å². The number of aromatic amines is 1. The van der Waals surface area contributed by atoms with Crippen molar-refractivity contribution in [1.82, 2.24) is 15.2 Å². The molecule has 0 saturated heterocycles. The molecular weight excluding hydrogens is 278 g/mol. The van der Waals surface area contributed by atoms with Gasteiger partial charge in [-0.3, -0.25) is 5.10 Å². The van der Waals surface area contributed by atoms with Crippen LogP contribution in [0.15, 0.2) is 42.5 Å². The van der Waals surface area contributed by atoms with Crippen molar-refractivity contribution in [3.8, 4) is 28.5 Å². The zero-order valence-electron chi connectivity index (χ0n) is 12.5. The number of aliphatic hydroxyl groups excluding tert-OH is 1. The van der Waals surface area contributed by atoms with Crippen molar-refractivity contribution >= 4 is 0 Å². The molecule has 0 saturated carbocycles. The Morgan fingerprint density at radius 1 is 1.18 bits per heavy atom. The van der Waals surface area contributed by atoms with E-state index in [2.05, 4.69) is 15.2 Å². The molecule has 3 aromatic rings. The van der Waals surface area contributed by atoms with Gasteiger partial charge in [0.1, 0.15) is 5.75 Å². The van der Waals surface area contributed by atoms with Crippen molar-refractivity contribution in [1.29, 1.82) is 0 Å². The maximum atomic E-state index is 9.52. The Kier molecular flexibility index (Phi) is 3.89. The maximum absolute atomic E-state index is 9.52. The quantitative estimate of drug-likeness (QED) is 0.776. The van der Waals surface area contributed by atoms with E-state index in [4.69, 9.17) is 4.74 Å². The third kappa shape index (κ3) is 2.71. The van der Waals surface area contributed by atoms with Gasteiger partial charge >= 0.3 is 0 Å². The highest BCUT2D eigenvalue weighted by Gasteiger charge is 2.11. The summed E-state index contributed by atoms with van der Waals surface area (Å²) < 4.78 is 5.22. The molecule has 3 rings (SSSR count). The Morgan fingerprint density at radius 3 is 2.82 bits per heavy atom. The minimum absolute atomic E-state index is 0.0355. The van der Waals surface area contributed by atoms with E-state index in [0.29, 0.717) is 11.6 Å². The number of nitrogens with zero attached hydrogens (tertiary/aromatic N) is 2. The van der Waals surface area contributed by atoms with Gasteiger partial charge in [-0.1, -0.05) is 35.9 Å². The highest BCUT2D eigenvalue weighted by molar-refractivity contribution is 5.65. The summed E-state index contributed by atoms with van der Waals surface area (Å²) in [5, 5.41) is 16.7. The summed E-state index contributed by atoms with van der Waals surface area (Å²) in [6.07, 6.45) is 0. The lowest BCUT2D eigenvalue weighted by atomic mass is 10.0. The van der Waals surface area contributed by atoms with Crippen LogP contribution in [0.2, 0.25) is 0 Å². The third-order valence-electron chi connectivity index (χ3n) is 3.50. The van der Waals surface area contributed by atoms with Crippen molar-refractivity contribution in [2.75, 3.05) is 7.11 Å². The van der Waals surface area contributed by atoms with Crippen LogP contribution >= 0.6 is 0 Å². The number of aromatic nitrogens is 3. The minimum Gasteiger partial charge on any atom is -0.497 e. The highest BCUT2D eigenvalue weighted by atomic mass is 16.5. The summed E-state index contributed by atoms with van der Waals surface area (Å²) in [5.41, 5.74) is 3.66. The molecule has 1 aromatic heterocycles. The number of ether oxygens (including phenoxy) is 1. The Balaban J connectivity index is 2.00. The van der Waals surface area contributed by atoms with Gasteiger partial charge in [0.15, 0.2) is 11.6 Å². The summed E-state index contributed by atoms with van der Waals surface area (Å²) >= 11 is 0. The molecule has 5 heteroatoms. The van der Waals surface area contributed by atoms with Crippen LogP contribution in [0.25, 0.3) is 22.8 Å². The Labute approximate surface area is 128 Å². The Hall–Kier alpha value is -2.66. The first-order valence-corrected chi connectivity index (χ1v) is 6.99. The first-order valence-electron chi connectivity index (χ1n) is 6.99. The molecule has 0 unspecified atom stereocenters. The van der Waals surface area contributed by atoms with Gasteiger partial charge < -0.3 is 9.84 Å². The number of rotatable bonds is 4. The molecule has 2 aromatic carbocycles. The molecule has 5 nitrogen and oxygen atoms in total. The predicted octanol–water partition coefficient (Wildman–Crippen LogP) is 2.95. The fraction of sp³-hybridized carbons (Fsp3) is 0.176. The van der Waals surface area contributed by atoms with Crippen molar-refractivity contribution in [2.45, 2.75) is 13.5 Å². The Bertz CT molecular complexity index is 796. The van der Waals surface area contributed by atoms with Crippen LogP contribution in [0.4, 0.5) is 0 Å². The molecule has 0 radical (unpaired) electrons.